The van der Waals surface area contributed by atoms with E-state index in [0.29, 0.717) is 10.6 Å². The number of hydrogen-bond donors (Lipinski definition) is 2. The molecule has 1 atom stereocenters. The second kappa shape index (κ2) is 5.14. The summed E-state index contributed by atoms with van der Waals surface area (Å²) in [5, 5.41) is 12.2. The van der Waals surface area contributed by atoms with E-state index in [4.69, 9.17) is 16.7 Å². The summed E-state index contributed by atoms with van der Waals surface area (Å²) in [7, 11) is 0. The van der Waals surface area contributed by atoms with Crippen LogP contribution in [0.2, 0.25) is 5.02 Å². The molecule has 82 valence electrons. The van der Waals surface area contributed by atoms with Gasteiger partial charge >= 0.3 is 0 Å². The molecule has 1 rings (SSSR count). The maximum atomic E-state index is 11.6. The molecule has 0 aromatic heterocycles. The number of hydrogen-bond acceptors (Lipinski definition) is 2. The number of carbonyl (C=O) groups excluding carboxylic acids is 1. The van der Waals surface area contributed by atoms with Crippen LogP contribution < -0.4 is 5.32 Å². The number of aliphatic hydroxyl groups excluding tert-OH is 1. The van der Waals surface area contributed by atoms with Crippen LogP contribution >= 0.6 is 11.6 Å². The standard InChI is InChI=1S/C11H14ClNO2/c1-7-3-9(5-10(12)4-7)11(15)13-6-8(2)14/h3-5,8,14H,6H2,1-2H3,(H,13,15)/t8-/m0/s1. The number of rotatable bonds is 3. The normalized spacial score (nSPS) is 12.3. The van der Waals surface area contributed by atoms with Gasteiger partial charge in [-0.1, -0.05) is 11.6 Å². The van der Waals surface area contributed by atoms with Crippen LogP contribution in [0.5, 0.6) is 0 Å². The van der Waals surface area contributed by atoms with E-state index >= 15 is 0 Å². The number of nitrogens with one attached hydrogen (secondary N) is 1. The Bertz CT molecular complexity index is 343. The van der Waals surface area contributed by atoms with E-state index in [1.165, 1.54) is 0 Å². The van der Waals surface area contributed by atoms with Crippen LogP contribution in [0.4, 0.5) is 0 Å². The molecule has 0 bridgehead atoms. The number of benzene rings is 1. The minimum atomic E-state index is -0.547. The van der Waals surface area contributed by atoms with Gasteiger partial charge in [-0.15, -0.1) is 0 Å². The second-order valence-corrected chi connectivity index (χ2v) is 4.01. The lowest BCUT2D eigenvalue weighted by Gasteiger charge is -2.07. The van der Waals surface area contributed by atoms with Crippen molar-refractivity contribution in [1.29, 1.82) is 0 Å². The monoisotopic (exact) mass is 227 g/mol. The van der Waals surface area contributed by atoms with E-state index in [2.05, 4.69) is 5.32 Å². The minimum Gasteiger partial charge on any atom is -0.392 e. The molecule has 0 radical (unpaired) electrons. The van der Waals surface area contributed by atoms with E-state index in [0.717, 1.165) is 5.56 Å². The topological polar surface area (TPSA) is 49.3 Å². The largest absolute Gasteiger partial charge is 0.392 e. The van der Waals surface area contributed by atoms with Gasteiger partial charge < -0.3 is 10.4 Å². The highest BCUT2D eigenvalue weighted by Gasteiger charge is 2.07. The minimum absolute atomic E-state index is 0.221. The fraction of sp³-hybridized carbons (Fsp3) is 0.364. The third kappa shape index (κ3) is 3.90. The van der Waals surface area contributed by atoms with Crippen molar-refractivity contribution < 1.29 is 9.90 Å². The zero-order chi connectivity index (χ0) is 11.4. The molecule has 1 aromatic carbocycles. The van der Waals surface area contributed by atoms with Gasteiger partial charge in [0.1, 0.15) is 0 Å². The van der Waals surface area contributed by atoms with Gasteiger partial charge in [-0.25, -0.2) is 0 Å². The first-order valence-electron chi connectivity index (χ1n) is 4.72. The van der Waals surface area contributed by atoms with Gasteiger partial charge in [0, 0.05) is 17.1 Å². The van der Waals surface area contributed by atoms with Crippen LogP contribution in [0.15, 0.2) is 18.2 Å². The van der Waals surface area contributed by atoms with Crippen LogP contribution in [0.25, 0.3) is 0 Å². The van der Waals surface area contributed by atoms with Crippen molar-refractivity contribution in [2.75, 3.05) is 6.54 Å². The molecule has 0 spiro atoms. The Morgan fingerprint density at radius 3 is 2.73 bits per heavy atom. The van der Waals surface area contributed by atoms with Gasteiger partial charge in [-0.05, 0) is 37.6 Å². The summed E-state index contributed by atoms with van der Waals surface area (Å²) in [6.07, 6.45) is -0.547. The molecular weight excluding hydrogens is 214 g/mol. The third-order valence-corrected chi connectivity index (χ3v) is 2.08. The lowest BCUT2D eigenvalue weighted by atomic mass is 10.1. The van der Waals surface area contributed by atoms with E-state index < -0.39 is 6.10 Å². The second-order valence-electron chi connectivity index (χ2n) is 3.58. The van der Waals surface area contributed by atoms with E-state index in [1.807, 2.05) is 6.92 Å². The highest BCUT2D eigenvalue weighted by molar-refractivity contribution is 6.31. The lowest BCUT2D eigenvalue weighted by Crippen LogP contribution is -2.30. The fourth-order valence-corrected chi connectivity index (χ4v) is 1.50. The average molecular weight is 228 g/mol. The van der Waals surface area contributed by atoms with Crippen molar-refractivity contribution in [1.82, 2.24) is 5.32 Å². The molecule has 0 saturated carbocycles. The van der Waals surface area contributed by atoms with Crippen LogP contribution in [0.1, 0.15) is 22.8 Å². The summed E-state index contributed by atoms with van der Waals surface area (Å²) in [6, 6.07) is 5.14. The van der Waals surface area contributed by atoms with Crippen molar-refractivity contribution in [3.05, 3.63) is 34.3 Å². The summed E-state index contributed by atoms with van der Waals surface area (Å²) < 4.78 is 0. The molecule has 0 aliphatic carbocycles. The van der Waals surface area contributed by atoms with Crippen LogP contribution in [-0.2, 0) is 0 Å². The number of amides is 1. The van der Waals surface area contributed by atoms with Gasteiger partial charge in [-0.3, -0.25) is 4.79 Å². The summed E-state index contributed by atoms with van der Waals surface area (Å²) in [4.78, 5) is 11.6. The van der Waals surface area contributed by atoms with E-state index in [1.54, 1.807) is 25.1 Å². The molecular formula is C11H14ClNO2. The van der Waals surface area contributed by atoms with Crippen molar-refractivity contribution in [3.63, 3.8) is 0 Å². The zero-order valence-corrected chi connectivity index (χ0v) is 9.51. The molecule has 15 heavy (non-hydrogen) atoms. The number of halogens is 1. The smallest absolute Gasteiger partial charge is 0.251 e. The Hall–Kier alpha value is -1.06. The average Bonchev–Trinajstić information content (AvgIpc) is 2.12. The van der Waals surface area contributed by atoms with Crippen molar-refractivity contribution in [2.24, 2.45) is 0 Å². The Morgan fingerprint density at radius 1 is 1.53 bits per heavy atom. The van der Waals surface area contributed by atoms with Crippen LogP contribution in [-0.4, -0.2) is 23.7 Å². The van der Waals surface area contributed by atoms with Gasteiger partial charge in [-0.2, -0.15) is 0 Å². The van der Waals surface area contributed by atoms with Gasteiger partial charge in [0.15, 0.2) is 0 Å². The highest BCUT2D eigenvalue weighted by Crippen LogP contribution is 2.14. The summed E-state index contributed by atoms with van der Waals surface area (Å²) in [6.45, 7) is 3.73. The molecule has 0 unspecified atom stereocenters. The first-order valence-corrected chi connectivity index (χ1v) is 5.10. The van der Waals surface area contributed by atoms with Crippen LogP contribution in [0.3, 0.4) is 0 Å². The molecule has 4 heteroatoms. The predicted octanol–water partition coefficient (Wildman–Crippen LogP) is 1.76. The fourth-order valence-electron chi connectivity index (χ4n) is 1.21. The summed E-state index contributed by atoms with van der Waals surface area (Å²) >= 11 is 5.83. The predicted molar refractivity (Wildman–Crippen MR) is 60.2 cm³/mol. The van der Waals surface area contributed by atoms with Crippen molar-refractivity contribution >= 4 is 17.5 Å². The SMILES string of the molecule is Cc1cc(Cl)cc(C(=O)NC[C@H](C)O)c1. The van der Waals surface area contributed by atoms with Crippen LogP contribution in [0, 0.1) is 6.92 Å². The quantitative estimate of drug-likeness (QED) is 0.827. The summed E-state index contributed by atoms with van der Waals surface area (Å²) in [5.74, 6) is -0.221. The maximum Gasteiger partial charge on any atom is 0.251 e. The number of carbonyl (C=O) groups is 1. The molecule has 1 aromatic rings. The Kier molecular flexibility index (Phi) is 4.12. The maximum absolute atomic E-state index is 11.6. The molecule has 0 heterocycles. The number of aryl methyl sites for hydroxylation is 1. The first-order chi connectivity index (χ1) is 6.99. The molecule has 1 amide bonds. The first kappa shape index (κ1) is 12.0. The van der Waals surface area contributed by atoms with Gasteiger partial charge in [0.2, 0.25) is 0 Å². The molecule has 2 N–H and O–H groups in total. The molecule has 0 aliphatic heterocycles. The zero-order valence-electron chi connectivity index (χ0n) is 8.75. The third-order valence-electron chi connectivity index (χ3n) is 1.86. The lowest BCUT2D eigenvalue weighted by molar-refractivity contribution is 0.0924. The highest BCUT2D eigenvalue weighted by atomic mass is 35.5. The Balaban J connectivity index is 2.73. The van der Waals surface area contributed by atoms with E-state index in [9.17, 15) is 4.79 Å². The Morgan fingerprint density at radius 2 is 2.20 bits per heavy atom. The van der Waals surface area contributed by atoms with E-state index in [-0.39, 0.29) is 12.5 Å². The molecule has 0 fully saturated rings. The molecule has 3 nitrogen and oxygen atoms in total. The Labute approximate surface area is 94.1 Å². The van der Waals surface area contributed by atoms with Gasteiger partial charge in [0.25, 0.3) is 5.91 Å². The van der Waals surface area contributed by atoms with Crippen molar-refractivity contribution in [2.45, 2.75) is 20.0 Å². The summed E-state index contributed by atoms with van der Waals surface area (Å²) in [5.41, 5.74) is 1.45. The molecule has 0 aliphatic rings. The number of aliphatic hydroxyl groups is 1. The molecule has 0 saturated heterocycles. The van der Waals surface area contributed by atoms with Crippen molar-refractivity contribution in [3.8, 4) is 0 Å². The van der Waals surface area contributed by atoms with Gasteiger partial charge in [0.05, 0.1) is 6.10 Å².